The quantitative estimate of drug-likeness (QED) is 0.300. The maximum Gasteiger partial charge on any atom is 0.0881 e. The van der Waals surface area contributed by atoms with Crippen LogP contribution >= 0.6 is 0 Å². The minimum atomic E-state index is -0.943. The van der Waals surface area contributed by atoms with Gasteiger partial charge in [-0.3, -0.25) is 0 Å². The molecule has 0 amide bonds. The van der Waals surface area contributed by atoms with Crippen molar-refractivity contribution in [2.75, 3.05) is 26.4 Å². The molecule has 0 rings (SSSR count). The molecule has 0 aliphatic rings. The molecule has 0 aromatic carbocycles. The van der Waals surface area contributed by atoms with Crippen LogP contribution in [0.5, 0.6) is 0 Å². The van der Waals surface area contributed by atoms with Crippen LogP contribution in [0.4, 0.5) is 0 Å². The van der Waals surface area contributed by atoms with Gasteiger partial charge in [0, 0.05) is 0 Å². The Morgan fingerprint density at radius 3 is 2.08 bits per heavy atom. The molecule has 13 heavy (non-hydrogen) atoms. The molecule has 0 aliphatic heterocycles. The first kappa shape index (κ1) is 12.6. The van der Waals surface area contributed by atoms with Gasteiger partial charge in [-0.15, -0.1) is 6.58 Å². The Morgan fingerprint density at radius 2 is 1.69 bits per heavy atom. The Hall–Kier alpha value is -0.420. The number of rotatable bonds is 8. The predicted octanol–water partition coefficient (Wildman–Crippen LogP) is -0.742. The van der Waals surface area contributed by atoms with Gasteiger partial charge in [0.05, 0.1) is 25.4 Å². The molecule has 0 spiro atoms. The fourth-order valence-electron chi connectivity index (χ4n) is 0.918. The van der Waals surface area contributed by atoms with Gasteiger partial charge in [0.15, 0.2) is 0 Å². The molecule has 0 aromatic heterocycles. The number of allylic oxidation sites excluding steroid dienone is 1. The van der Waals surface area contributed by atoms with E-state index in [1.54, 1.807) is 6.08 Å². The Morgan fingerprint density at radius 1 is 1.15 bits per heavy atom. The molecular weight excluding hydrogens is 170 g/mol. The van der Waals surface area contributed by atoms with Gasteiger partial charge in [-0.1, -0.05) is 6.08 Å². The summed E-state index contributed by atoms with van der Waals surface area (Å²) in [5.74, 6) is 0. The summed E-state index contributed by atoms with van der Waals surface area (Å²) in [5.41, 5.74) is -0.943. The molecule has 0 saturated carbocycles. The minimum Gasteiger partial charge on any atom is -0.394 e. The summed E-state index contributed by atoms with van der Waals surface area (Å²) in [7, 11) is 0. The van der Waals surface area contributed by atoms with Crippen molar-refractivity contribution in [3.63, 3.8) is 0 Å². The zero-order valence-electron chi connectivity index (χ0n) is 7.87. The van der Waals surface area contributed by atoms with E-state index in [1.807, 2.05) is 0 Å². The van der Waals surface area contributed by atoms with E-state index in [0.717, 1.165) is 12.8 Å². The number of unbranched alkanes of at least 4 members (excludes halogenated alkanes) is 1. The van der Waals surface area contributed by atoms with Crippen molar-refractivity contribution in [1.82, 2.24) is 5.32 Å². The molecule has 4 nitrogen and oxygen atoms in total. The highest BCUT2D eigenvalue weighted by Gasteiger charge is 2.26. The van der Waals surface area contributed by atoms with Crippen LogP contribution in [0.1, 0.15) is 12.8 Å². The molecule has 0 radical (unpaired) electrons. The average Bonchev–Trinajstić information content (AvgIpc) is 2.20. The molecule has 0 bridgehead atoms. The topological polar surface area (TPSA) is 72.7 Å². The van der Waals surface area contributed by atoms with E-state index in [-0.39, 0.29) is 19.8 Å². The summed E-state index contributed by atoms with van der Waals surface area (Å²) >= 11 is 0. The van der Waals surface area contributed by atoms with Gasteiger partial charge in [-0.05, 0) is 19.4 Å². The van der Waals surface area contributed by atoms with Gasteiger partial charge < -0.3 is 20.6 Å². The lowest BCUT2D eigenvalue weighted by Crippen LogP contribution is -2.55. The Bertz CT molecular complexity index is 127. The minimum absolute atomic E-state index is 0.270. The van der Waals surface area contributed by atoms with E-state index in [0.29, 0.717) is 6.54 Å². The van der Waals surface area contributed by atoms with E-state index in [2.05, 4.69) is 11.9 Å². The normalized spacial score (nSPS) is 11.6. The number of aliphatic hydroxyl groups excluding tert-OH is 3. The van der Waals surface area contributed by atoms with E-state index in [4.69, 9.17) is 15.3 Å². The molecular formula is C9H19NO3. The highest BCUT2D eigenvalue weighted by molar-refractivity contribution is 4.86. The molecule has 4 heteroatoms. The highest BCUT2D eigenvalue weighted by atomic mass is 16.3. The smallest absolute Gasteiger partial charge is 0.0881 e. The van der Waals surface area contributed by atoms with Crippen molar-refractivity contribution in [3.8, 4) is 0 Å². The number of hydrogen-bond donors (Lipinski definition) is 4. The van der Waals surface area contributed by atoms with Gasteiger partial charge >= 0.3 is 0 Å². The Balaban J connectivity index is 3.74. The van der Waals surface area contributed by atoms with E-state index in [1.165, 1.54) is 0 Å². The van der Waals surface area contributed by atoms with E-state index in [9.17, 15) is 0 Å². The van der Waals surface area contributed by atoms with Crippen molar-refractivity contribution >= 4 is 0 Å². The maximum atomic E-state index is 8.93. The molecule has 0 fully saturated rings. The molecule has 0 aliphatic carbocycles. The summed E-state index contributed by atoms with van der Waals surface area (Å²) in [6, 6.07) is 0. The summed E-state index contributed by atoms with van der Waals surface area (Å²) in [5, 5.41) is 29.7. The first-order valence-electron chi connectivity index (χ1n) is 4.43. The molecule has 0 heterocycles. The van der Waals surface area contributed by atoms with Gasteiger partial charge in [-0.25, -0.2) is 0 Å². The van der Waals surface area contributed by atoms with Gasteiger partial charge in [0.25, 0.3) is 0 Å². The fraction of sp³-hybridized carbons (Fsp3) is 0.778. The lowest BCUT2D eigenvalue weighted by atomic mass is 10.0. The summed E-state index contributed by atoms with van der Waals surface area (Å²) in [6.45, 7) is 3.42. The summed E-state index contributed by atoms with van der Waals surface area (Å²) < 4.78 is 0. The molecule has 0 unspecified atom stereocenters. The second-order valence-electron chi connectivity index (χ2n) is 3.11. The number of hydrogen-bond acceptors (Lipinski definition) is 4. The average molecular weight is 189 g/mol. The van der Waals surface area contributed by atoms with E-state index >= 15 is 0 Å². The van der Waals surface area contributed by atoms with Crippen LogP contribution in [0, 0.1) is 0 Å². The van der Waals surface area contributed by atoms with Gasteiger partial charge in [0.2, 0.25) is 0 Å². The lowest BCUT2D eigenvalue weighted by Gasteiger charge is -2.28. The first-order valence-corrected chi connectivity index (χ1v) is 4.43. The third-order valence-electron chi connectivity index (χ3n) is 1.99. The van der Waals surface area contributed by atoms with Crippen LogP contribution in [0.3, 0.4) is 0 Å². The molecule has 78 valence electrons. The fourth-order valence-corrected chi connectivity index (χ4v) is 0.918. The summed E-state index contributed by atoms with van der Waals surface area (Å²) in [6.07, 6.45) is 3.57. The van der Waals surface area contributed by atoms with Crippen LogP contribution in [-0.2, 0) is 0 Å². The van der Waals surface area contributed by atoms with E-state index < -0.39 is 5.54 Å². The number of aliphatic hydroxyl groups is 3. The molecule has 0 atom stereocenters. The third kappa shape index (κ3) is 4.38. The Kier molecular flexibility index (Phi) is 6.80. The summed E-state index contributed by atoms with van der Waals surface area (Å²) in [4.78, 5) is 0. The van der Waals surface area contributed by atoms with Crippen molar-refractivity contribution in [1.29, 1.82) is 0 Å². The second-order valence-corrected chi connectivity index (χ2v) is 3.11. The van der Waals surface area contributed by atoms with Crippen LogP contribution in [0.25, 0.3) is 0 Å². The van der Waals surface area contributed by atoms with Crippen LogP contribution in [-0.4, -0.2) is 47.2 Å². The highest BCUT2D eigenvalue weighted by Crippen LogP contribution is 2.01. The first-order chi connectivity index (χ1) is 6.24. The lowest BCUT2D eigenvalue weighted by molar-refractivity contribution is 0.0427. The van der Waals surface area contributed by atoms with Crippen molar-refractivity contribution < 1.29 is 15.3 Å². The monoisotopic (exact) mass is 189 g/mol. The Labute approximate surface area is 78.9 Å². The van der Waals surface area contributed by atoms with Crippen molar-refractivity contribution in [2.24, 2.45) is 0 Å². The third-order valence-corrected chi connectivity index (χ3v) is 1.99. The molecule has 0 aromatic rings. The second kappa shape index (κ2) is 7.03. The van der Waals surface area contributed by atoms with Crippen LogP contribution < -0.4 is 5.32 Å². The van der Waals surface area contributed by atoms with Crippen molar-refractivity contribution in [3.05, 3.63) is 12.7 Å². The SMILES string of the molecule is C=CCCCNC(CO)(CO)CO. The van der Waals surface area contributed by atoms with Crippen molar-refractivity contribution in [2.45, 2.75) is 18.4 Å². The molecule has 0 saturated heterocycles. The van der Waals surface area contributed by atoms with Crippen LogP contribution in [0.15, 0.2) is 12.7 Å². The number of nitrogens with one attached hydrogen (secondary N) is 1. The van der Waals surface area contributed by atoms with Gasteiger partial charge in [-0.2, -0.15) is 0 Å². The van der Waals surface area contributed by atoms with Crippen LogP contribution in [0.2, 0.25) is 0 Å². The largest absolute Gasteiger partial charge is 0.394 e. The maximum absolute atomic E-state index is 8.93. The zero-order valence-corrected chi connectivity index (χ0v) is 7.87. The zero-order chi connectivity index (χ0) is 10.2. The van der Waals surface area contributed by atoms with Gasteiger partial charge in [0.1, 0.15) is 0 Å². The standard InChI is InChI=1S/C9H19NO3/c1-2-3-4-5-10-9(6-11,7-12)8-13/h2,10-13H,1,3-8H2. The molecule has 4 N–H and O–H groups in total. The predicted molar refractivity (Wildman–Crippen MR) is 51.4 cm³/mol.